The fourth-order valence-corrected chi connectivity index (χ4v) is 4.46. The number of carboxylic acid groups (broad SMARTS) is 1. The normalized spacial score (nSPS) is 13.3. The van der Waals surface area contributed by atoms with Gasteiger partial charge in [-0.1, -0.05) is 36.4 Å². The smallest absolute Gasteiger partial charge is 0.408 e. The molecule has 2 heterocycles. The van der Waals surface area contributed by atoms with E-state index in [0.717, 1.165) is 32.9 Å². The van der Waals surface area contributed by atoms with Crippen molar-refractivity contribution in [2.45, 2.75) is 51.3 Å². The van der Waals surface area contributed by atoms with Gasteiger partial charge in [-0.25, -0.2) is 9.59 Å². The number of rotatable bonds is 8. The average molecular weight is 505 g/mol. The Labute approximate surface area is 214 Å². The Kier molecular flexibility index (Phi) is 7.24. The number of fused-ring (bicyclic) bond motifs is 2. The highest BCUT2D eigenvalue weighted by Crippen LogP contribution is 2.22. The Hall–Kier alpha value is -4.27. The number of ether oxygens (including phenoxy) is 1. The van der Waals surface area contributed by atoms with Crippen molar-refractivity contribution in [3.63, 3.8) is 0 Å². The van der Waals surface area contributed by atoms with Crippen molar-refractivity contribution in [2.75, 3.05) is 0 Å². The van der Waals surface area contributed by atoms with Crippen LogP contribution in [0.2, 0.25) is 0 Å². The maximum Gasteiger partial charge on any atom is 0.408 e. The minimum Gasteiger partial charge on any atom is -0.480 e. The lowest BCUT2D eigenvalue weighted by atomic mass is 10.0. The first-order chi connectivity index (χ1) is 17.5. The third-order valence-corrected chi connectivity index (χ3v) is 6.12. The van der Waals surface area contributed by atoms with Gasteiger partial charge in [-0.3, -0.25) is 4.79 Å². The zero-order valence-corrected chi connectivity index (χ0v) is 21.4. The monoisotopic (exact) mass is 504 g/mol. The number of hydrogen-bond donors (Lipinski definition) is 4. The quantitative estimate of drug-likeness (QED) is 0.290. The van der Waals surface area contributed by atoms with Crippen LogP contribution in [0.4, 0.5) is 4.79 Å². The van der Waals surface area contributed by atoms with E-state index in [0.29, 0.717) is 0 Å². The predicted molar refractivity (Wildman–Crippen MR) is 141 cm³/mol. The summed E-state index contributed by atoms with van der Waals surface area (Å²) >= 11 is 0. The van der Waals surface area contributed by atoms with Crippen LogP contribution in [0.3, 0.4) is 0 Å². The molecule has 4 rings (SSSR count). The molecule has 9 nitrogen and oxygen atoms in total. The van der Waals surface area contributed by atoms with Crippen LogP contribution >= 0.6 is 0 Å². The van der Waals surface area contributed by atoms with E-state index in [9.17, 15) is 19.5 Å². The van der Waals surface area contributed by atoms with Crippen molar-refractivity contribution >= 4 is 39.8 Å². The van der Waals surface area contributed by atoms with Crippen LogP contribution in [0.25, 0.3) is 21.8 Å². The number of nitrogens with one attached hydrogen (secondary N) is 3. The largest absolute Gasteiger partial charge is 0.480 e. The van der Waals surface area contributed by atoms with E-state index in [4.69, 9.17) is 4.74 Å². The van der Waals surface area contributed by atoms with Gasteiger partial charge in [-0.05, 0) is 44.0 Å². The summed E-state index contributed by atoms with van der Waals surface area (Å²) in [6, 6.07) is 13.1. The van der Waals surface area contributed by atoms with Crippen molar-refractivity contribution in [1.29, 1.82) is 0 Å². The fourth-order valence-electron chi connectivity index (χ4n) is 4.46. The summed E-state index contributed by atoms with van der Waals surface area (Å²) in [5, 5.41) is 17.0. The first kappa shape index (κ1) is 25.8. The highest BCUT2D eigenvalue weighted by Gasteiger charge is 2.30. The zero-order chi connectivity index (χ0) is 26.7. The molecular weight excluding hydrogens is 472 g/mol. The van der Waals surface area contributed by atoms with E-state index < -0.39 is 35.7 Å². The molecule has 9 heteroatoms. The van der Waals surface area contributed by atoms with E-state index in [1.165, 1.54) is 0 Å². The second kappa shape index (κ2) is 10.4. The van der Waals surface area contributed by atoms with E-state index in [1.54, 1.807) is 27.0 Å². The molecule has 194 valence electrons. The van der Waals surface area contributed by atoms with Crippen LogP contribution in [0.15, 0.2) is 60.9 Å². The molecule has 0 saturated heterocycles. The molecule has 37 heavy (non-hydrogen) atoms. The van der Waals surface area contributed by atoms with E-state index >= 15 is 0 Å². The SMILES string of the molecule is Cn1cc(CC(NC(=O)C(Cc2c[nH]c3ccccc23)NC(=O)OC(C)(C)C)C(=O)O)c2ccccc21. The van der Waals surface area contributed by atoms with Crippen molar-refractivity contribution in [2.24, 2.45) is 7.05 Å². The molecule has 0 aliphatic rings. The predicted octanol–water partition coefficient (Wildman–Crippen LogP) is 3.91. The molecule has 2 atom stereocenters. The molecule has 0 fully saturated rings. The standard InChI is InChI=1S/C28H32N4O5/c1-28(2,3)37-27(36)31-22(13-17-15-29-21-11-7-5-9-19(17)21)25(33)30-23(26(34)35)14-18-16-32(4)24-12-8-6-10-20(18)24/h5-12,15-16,22-23,29H,13-14H2,1-4H3,(H,30,33)(H,31,36)(H,34,35). The molecular formula is C28H32N4O5. The summed E-state index contributed by atoms with van der Waals surface area (Å²) in [6.07, 6.45) is 3.14. The number of para-hydroxylation sites is 2. The number of aromatic amines is 1. The van der Waals surface area contributed by atoms with Gasteiger partial charge >= 0.3 is 12.1 Å². The summed E-state index contributed by atoms with van der Waals surface area (Å²) in [5.41, 5.74) is 2.72. The number of carboxylic acids is 1. The van der Waals surface area contributed by atoms with Gasteiger partial charge in [0.2, 0.25) is 5.91 Å². The topological polar surface area (TPSA) is 125 Å². The number of carbonyl (C=O) groups excluding carboxylic acids is 2. The molecule has 0 radical (unpaired) electrons. The van der Waals surface area contributed by atoms with Gasteiger partial charge in [0, 0.05) is 54.1 Å². The summed E-state index contributed by atoms with van der Waals surface area (Å²) in [4.78, 5) is 41.3. The van der Waals surface area contributed by atoms with Crippen LogP contribution in [0.5, 0.6) is 0 Å². The summed E-state index contributed by atoms with van der Waals surface area (Å²) in [7, 11) is 1.89. The Balaban J connectivity index is 1.57. The van der Waals surface area contributed by atoms with Crippen LogP contribution in [0.1, 0.15) is 31.9 Å². The number of benzene rings is 2. The zero-order valence-electron chi connectivity index (χ0n) is 21.4. The number of amides is 2. The van der Waals surface area contributed by atoms with Gasteiger partial charge in [0.05, 0.1) is 0 Å². The Morgan fingerprint density at radius 2 is 1.59 bits per heavy atom. The molecule has 2 amide bonds. The molecule has 0 saturated carbocycles. The number of aliphatic carboxylic acids is 1. The number of aryl methyl sites for hydroxylation is 1. The first-order valence-electron chi connectivity index (χ1n) is 12.1. The van der Waals surface area contributed by atoms with Crippen molar-refractivity contribution < 1.29 is 24.2 Å². The molecule has 0 aliphatic carbocycles. The number of H-pyrrole nitrogens is 1. The van der Waals surface area contributed by atoms with Crippen molar-refractivity contribution in [1.82, 2.24) is 20.2 Å². The third kappa shape index (κ3) is 6.11. The Morgan fingerprint density at radius 3 is 2.30 bits per heavy atom. The lowest BCUT2D eigenvalue weighted by Crippen LogP contribution is -2.53. The lowest BCUT2D eigenvalue weighted by Gasteiger charge is -2.24. The number of nitrogens with zero attached hydrogens (tertiary/aromatic N) is 1. The van der Waals surface area contributed by atoms with Gasteiger partial charge < -0.3 is 30.0 Å². The highest BCUT2D eigenvalue weighted by molar-refractivity contribution is 5.91. The molecule has 0 spiro atoms. The molecule has 4 N–H and O–H groups in total. The van der Waals surface area contributed by atoms with Gasteiger partial charge in [0.25, 0.3) is 0 Å². The van der Waals surface area contributed by atoms with Gasteiger partial charge in [0.1, 0.15) is 17.7 Å². The molecule has 2 aromatic heterocycles. The molecule has 2 aromatic carbocycles. The maximum atomic E-state index is 13.4. The maximum absolute atomic E-state index is 13.4. The Morgan fingerprint density at radius 1 is 0.946 bits per heavy atom. The van der Waals surface area contributed by atoms with Crippen LogP contribution < -0.4 is 10.6 Å². The second-order valence-electron chi connectivity index (χ2n) is 10.1. The van der Waals surface area contributed by atoms with E-state index in [2.05, 4.69) is 15.6 Å². The van der Waals surface area contributed by atoms with E-state index in [1.807, 2.05) is 66.3 Å². The lowest BCUT2D eigenvalue weighted by molar-refractivity contribution is -0.142. The number of aromatic nitrogens is 2. The summed E-state index contributed by atoms with van der Waals surface area (Å²) < 4.78 is 7.29. The van der Waals surface area contributed by atoms with Crippen LogP contribution in [0, 0.1) is 0 Å². The minimum atomic E-state index is -1.19. The molecule has 0 bridgehead atoms. The highest BCUT2D eigenvalue weighted by atomic mass is 16.6. The number of hydrogen-bond acceptors (Lipinski definition) is 4. The van der Waals surface area contributed by atoms with Gasteiger partial charge in [-0.15, -0.1) is 0 Å². The average Bonchev–Trinajstić information content (AvgIpc) is 3.38. The van der Waals surface area contributed by atoms with Crippen molar-refractivity contribution in [3.8, 4) is 0 Å². The van der Waals surface area contributed by atoms with E-state index in [-0.39, 0.29) is 12.8 Å². The molecule has 2 unspecified atom stereocenters. The molecule has 4 aromatic rings. The van der Waals surface area contributed by atoms with Crippen LogP contribution in [-0.4, -0.2) is 50.3 Å². The fraction of sp³-hybridized carbons (Fsp3) is 0.321. The van der Waals surface area contributed by atoms with Crippen LogP contribution in [-0.2, 0) is 34.2 Å². The van der Waals surface area contributed by atoms with Crippen molar-refractivity contribution in [3.05, 3.63) is 72.1 Å². The third-order valence-electron chi connectivity index (χ3n) is 6.12. The Bertz CT molecular complexity index is 1450. The molecule has 0 aliphatic heterocycles. The summed E-state index contributed by atoms with van der Waals surface area (Å²) in [5.74, 6) is -1.77. The summed E-state index contributed by atoms with van der Waals surface area (Å²) in [6.45, 7) is 5.18. The number of carbonyl (C=O) groups is 3. The number of alkyl carbamates (subject to hydrolysis) is 1. The second-order valence-corrected chi connectivity index (χ2v) is 10.1. The van der Waals surface area contributed by atoms with Gasteiger partial charge in [-0.2, -0.15) is 0 Å². The minimum absolute atomic E-state index is 0.0919. The van der Waals surface area contributed by atoms with Gasteiger partial charge in [0.15, 0.2) is 0 Å². The first-order valence-corrected chi connectivity index (χ1v) is 12.1.